The number of pyridine rings is 1. The maximum absolute atomic E-state index is 13.9. The predicted octanol–water partition coefficient (Wildman–Crippen LogP) is 6.70. The number of amides is 1. The number of likely N-dealkylation sites (tertiary alicyclic amines) is 1. The van der Waals surface area contributed by atoms with E-state index < -0.39 is 0 Å². The van der Waals surface area contributed by atoms with Crippen LogP contribution < -0.4 is 14.4 Å². The van der Waals surface area contributed by atoms with Crippen LogP contribution >= 0.6 is 0 Å². The number of hydrogen-bond donors (Lipinski definition) is 0. The first-order valence-corrected chi connectivity index (χ1v) is 15.0. The first-order valence-electron chi connectivity index (χ1n) is 15.0. The molecule has 6 nitrogen and oxygen atoms in total. The second-order valence-corrected chi connectivity index (χ2v) is 11.3. The van der Waals surface area contributed by atoms with Gasteiger partial charge in [-0.3, -0.25) is 14.7 Å². The van der Waals surface area contributed by atoms with Crippen LogP contribution in [0.15, 0.2) is 60.8 Å². The zero-order valence-electron chi connectivity index (χ0n) is 24.3. The molecule has 2 aromatic carbocycles. The van der Waals surface area contributed by atoms with Crippen LogP contribution in [0.5, 0.6) is 11.5 Å². The van der Waals surface area contributed by atoms with E-state index >= 15 is 0 Å². The molecular formula is C34H43N3O3. The Bertz CT molecular complexity index is 1280. The quantitative estimate of drug-likeness (QED) is 0.256. The van der Waals surface area contributed by atoms with Gasteiger partial charge in [0.25, 0.3) is 0 Å². The third kappa shape index (κ3) is 6.67. The lowest BCUT2D eigenvalue weighted by atomic mass is 9.92. The molecule has 0 bridgehead atoms. The molecule has 2 atom stereocenters. The fourth-order valence-corrected chi connectivity index (χ4v) is 6.15. The number of nitrogens with zero attached hydrogens (tertiary/aromatic N) is 3. The average molecular weight is 542 g/mol. The molecule has 2 aliphatic rings. The van der Waals surface area contributed by atoms with Crippen molar-refractivity contribution in [1.82, 2.24) is 9.88 Å². The molecule has 212 valence electrons. The standard InChI is InChI=1S/C34H43N3O3/c1-4-6-17-37(31-13-9-11-25(3)18-31)33(38)23-36-22-28(20-30(36)15-14-29-12-7-8-16-35-29)27-19-26(10-5-2)34-32(21-27)39-24-40-34/h7-9,11-13,16,18-19,21,28,30H,4-6,10,14-15,17,20,22-24H2,1-3H3. The molecule has 0 spiro atoms. The normalized spacial score (nSPS) is 18.3. The van der Waals surface area contributed by atoms with Gasteiger partial charge in [0, 0.05) is 36.7 Å². The number of aryl methyl sites for hydroxylation is 3. The number of aromatic nitrogens is 1. The highest BCUT2D eigenvalue weighted by molar-refractivity contribution is 5.95. The second kappa shape index (κ2) is 13.3. The van der Waals surface area contributed by atoms with E-state index in [1.165, 1.54) is 16.7 Å². The maximum Gasteiger partial charge on any atom is 0.241 e. The van der Waals surface area contributed by atoms with Crippen LogP contribution in [0.3, 0.4) is 0 Å². The molecule has 40 heavy (non-hydrogen) atoms. The van der Waals surface area contributed by atoms with Crippen LogP contribution in [-0.2, 0) is 17.6 Å². The lowest BCUT2D eigenvalue weighted by molar-refractivity contribution is -0.120. The molecule has 6 heteroatoms. The van der Waals surface area contributed by atoms with Gasteiger partial charge in [0.15, 0.2) is 11.5 Å². The Morgan fingerprint density at radius 1 is 1.05 bits per heavy atom. The molecule has 1 fully saturated rings. The summed E-state index contributed by atoms with van der Waals surface area (Å²) in [6.07, 6.45) is 8.84. The van der Waals surface area contributed by atoms with Gasteiger partial charge in [-0.15, -0.1) is 0 Å². The van der Waals surface area contributed by atoms with Gasteiger partial charge in [0.1, 0.15) is 0 Å². The molecule has 1 amide bonds. The van der Waals surface area contributed by atoms with Gasteiger partial charge >= 0.3 is 0 Å². The topological polar surface area (TPSA) is 54.9 Å². The van der Waals surface area contributed by atoms with Crippen molar-refractivity contribution in [3.63, 3.8) is 0 Å². The lowest BCUT2D eigenvalue weighted by Crippen LogP contribution is -2.43. The Balaban J connectivity index is 1.38. The Hall–Kier alpha value is -3.38. The zero-order valence-corrected chi connectivity index (χ0v) is 24.3. The molecule has 5 rings (SSSR count). The molecule has 3 heterocycles. The SMILES string of the molecule is CCCCN(C(=O)CN1CC(c2cc(CCC)c3c(c2)OCO3)CC1CCc1ccccn1)c1cccc(C)c1. The van der Waals surface area contributed by atoms with Gasteiger partial charge in [-0.25, -0.2) is 0 Å². The third-order valence-corrected chi connectivity index (χ3v) is 8.24. The van der Waals surface area contributed by atoms with Crippen molar-refractivity contribution in [3.05, 3.63) is 83.2 Å². The largest absolute Gasteiger partial charge is 0.454 e. The summed E-state index contributed by atoms with van der Waals surface area (Å²) in [7, 11) is 0. The summed E-state index contributed by atoms with van der Waals surface area (Å²) in [5.41, 5.74) is 5.81. The number of fused-ring (bicyclic) bond motifs is 1. The van der Waals surface area contributed by atoms with Gasteiger partial charge < -0.3 is 14.4 Å². The van der Waals surface area contributed by atoms with E-state index in [-0.39, 0.29) is 5.91 Å². The Labute approximate surface area is 239 Å². The fraction of sp³-hybridized carbons (Fsp3) is 0.471. The van der Waals surface area contributed by atoms with E-state index in [4.69, 9.17) is 9.47 Å². The van der Waals surface area contributed by atoms with E-state index in [1.54, 1.807) is 0 Å². The zero-order chi connectivity index (χ0) is 27.9. The summed E-state index contributed by atoms with van der Waals surface area (Å²) >= 11 is 0. The van der Waals surface area contributed by atoms with E-state index in [9.17, 15) is 4.79 Å². The highest BCUT2D eigenvalue weighted by Crippen LogP contribution is 2.42. The van der Waals surface area contributed by atoms with Crippen molar-refractivity contribution in [2.24, 2.45) is 0 Å². The summed E-state index contributed by atoms with van der Waals surface area (Å²) < 4.78 is 11.6. The Morgan fingerprint density at radius 3 is 2.73 bits per heavy atom. The highest BCUT2D eigenvalue weighted by atomic mass is 16.7. The summed E-state index contributed by atoms with van der Waals surface area (Å²) in [5, 5.41) is 0. The number of anilines is 1. The molecule has 1 saturated heterocycles. The van der Waals surface area contributed by atoms with Gasteiger partial charge in [-0.05, 0) is 92.0 Å². The highest BCUT2D eigenvalue weighted by Gasteiger charge is 2.36. The van der Waals surface area contributed by atoms with Crippen molar-refractivity contribution in [2.45, 2.75) is 77.7 Å². The number of carbonyl (C=O) groups excluding carboxylic acids is 1. The minimum Gasteiger partial charge on any atom is -0.454 e. The fourth-order valence-electron chi connectivity index (χ4n) is 6.15. The molecular weight excluding hydrogens is 498 g/mol. The van der Waals surface area contributed by atoms with Crippen LogP contribution in [0.4, 0.5) is 5.69 Å². The van der Waals surface area contributed by atoms with Crippen LogP contribution in [-0.4, -0.2) is 48.3 Å². The van der Waals surface area contributed by atoms with Gasteiger partial charge in [0.2, 0.25) is 12.7 Å². The van der Waals surface area contributed by atoms with Crippen molar-refractivity contribution in [1.29, 1.82) is 0 Å². The van der Waals surface area contributed by atoms with Crippen LogP contribution in [0, 0.1) is 6.92 Å². The van der Waals surface area contributed by atoms with E-state index in [1.807, 2.05) is 23.2 Å². The molecule has 0 aliphatic carbocycles. The minimum absolute atomic E-state index is 0.180. The van der Waals surface area contributed by atoms with Crippen LogP contribution in [0.1, 0.15) is 74.3 Å². The number of carbonyl (C=O) groups is 1. The lowest BCUT2D eigenvalue weighted by Gasteiger charge is -2.29. The molecule has 2 aliphatic heterocycles. The first kappa shape index (κ1) is 28.2. The van der Waals surface area contributed by atoms with Crippen LogP contribution in [0.25, 0.3) is 0 Å². The van der Waals surface area contributed by atoms with E-state index in [2.05, 4.69) is 73.1 Å². The predicted molar refractivity (Wildman–Crippen MR) is 160 cm³/mol. The summed E-state index contributed by atoms with van der Waals surface area (Å²) in [6.45, 7) is 8.78. The molecule has 0 radical (unpaired) electrons. The minimum atomic E-state index is 0.180. The summed E-state index contributed by atoms with van der Waals surface area (Å²) in [4.78, 5) is 22.9. The smallest absolute Gasteiger partial charge is 0.241 e. The van der Waals surface area contributed by atoms with Crippen molar-refractivity contribution < 1.29 is 14.3 Å². The number of hydrogen-bond acceptors (Lipinski definition) is 5. The third-order valence-electron chi connectivity index (χ3n) is 8.24. The van der Waals surface area contributed by atoms with Crippen molar-refractivity contribution >= 4 is 11.6 Å². The number of rotatable bonds is 12. The second-order valence-electron chi connectivity index (χ2n) is 11.3. The monoisotopic (exact) mass is 541 g/mol. The number of ether oxygens (including phenoxy) is 2. The van der Waals surface area contributed by atoms with Crippen molar-refractivity contribution in [3.8, 4) is 11.5 Å². The maximum atomic E-state index is 13.9. The molecule has 3 aromatic rings. The molecule has 0 saturated carbocycles. The summed E-state index contributed by atoms with van der Waals surface area (Å²) in [5.74, 6) is 2.30. The van der Waals surface area contributed by atoms with E-state index in [0.717, 1.165) is 80.9 Å². The van der Waals surface area contributed by atoms with E-state index in [0.29, 0.717) is 25.3 Å². The van der Waals surface area contributed by atoms with Gasteiger partial charge in [-0.2, -0.15) is 0 Å². The average Bonchev–Trinajstić information content (AvgIpc) is 3.60. The summed E-state index contributed by atoms with van der Waals surface area (Å²) in [6, 6.07) is 19.2. The molecule has 1 aromatic heterocycles. The first-order chi connectivity index (χ1) is 19.6. The molecule has 2 unspecified atom stereocenters. The van der Waals surface area contributed by atoms with Crippen molar-refractivity contribution in [2.75, 3.05) is 31.3 Å². The Kier molecular flexibility index (Phi) is 9.38. The Morgan fingerprint density at radius 2 is 1.95 bits per heavy atom. The van der Waals surface area contributed by atoms with Gasteiger partial charge in [-0.1, -0.05) is 51.0 Å². The molecule has 0 N–H and O–H groups in total. The van der Waals surface area contributed by atoms with Gasteiger partial charge in [0.05, 0.1) is 6.54 Å². The number of unbranched alkanes of at least 4 members (excludes halogenated alkanes) is 1. The van der Waals surface area contributed by atoms with Crippen LogP contribution in [0.2, 0.25) is 0 Å². The number of benzene rings is 2.